The number of carbonyl (C=O) groups is 1. The number of aromatic hydroxyl groups is 3. The molecule has 7 atom stereocenters. The number of nitrogens with one attached hydrogen (secondary N) is 2. The van der Waals surface area contributed by atoms with Crippen LogP contribution in [0.4, 0.5) is 5.82 Å². The lowest BCUT2D eigenvalue weighted by molar-refractivity contribution is -0.164. The Labute approximate surface area is 362 Å². The second-order valence-corrected chi connectivity index (χ2v) is 16.9. The average Bonchev–Trinajstić information content (AvgIpc) is 3.28. The van der Waals surface area contributed by atoms with Crippen molar-refractivity contribution in [2.24, 2.45) is 16.8 Å². The number of aromatic nitrogens is 2. The van der Waals surface area contributed by atoms with Gasteiger partial charge >= 0.3 is 5.97 Å². The van der Waals surface area contributed by atoms with E-state index in [1.165, 1.54) is 13.0 Å². The van der Waals surface area contributed by atoms with Crippen LogP contribution in [0.25, 0.3) is 0 Å². The molecule has 2 aromatic heterocycles. The minimum atomic E-state index is -0.597. The van der Waals surface area contributed by atoms with Gasteiger partial charge in [0.25, 0.3) is 0 Å². The number of fused-ring (bicyclic) bond motifs is 4. The van der Waals surface area contributed by atoms with Crippen LogP contribution in [0.2, 0.25) is 0 Å². The molecule has 14 heteroatoms. The van der Waals surface area contributed by atoms with Gasteiger partial charge in [-0.25, -0.2) is 4.98 Å². The lowest BCUT2D eigenvalue weighted by Crippen LogP contribution is -2.64. The van der Waals surface area contributed by atoms with Crippen LogP contribution < -0.4 is 25.8 Å². The molecule has 7 N–H and O–H groups in total. The molecule has 1 saturated heterocycles. The first-order chi connectivity index (χ1) is 30.1. The molecule has 1 aliphatic carbocycles. The van der Waals surface area contributed by atoms with E-state index < -0.39 is 29.8 Å². The molecule has 2 bridgehead atoms. The van der Waals surface area contributed by atoms with E-state index in [0.29, 0.717) is 55.8 Å². The van der Waals surface area contributed by atoms with Crippen molar-refractivity contribution in [2.45, 2.75) is 108 Å². The van der Waals surface area contributed by atoms with Gasteiger partial charge in [-0.1, -0.05) is 18.1 Å². The Kier molecular flexibility index (Phi) is 13.2. The maximum atomic E-state index is 12.4. The summed E-state index contributed by atoms with van der Waals surface area (Å²) in [6.45, 7) is 3.02. The van der Waals surface area contributed by atoms with Crippen LogP contribution in [-0.4, -0.2) is 80.8 Å². The number of benzene rings is 2. The molecule has 326 valence electrons. The van der Waals surface area contributed by atoms with E-state index in [-0.39, 0.29) is 47.5 Å². The van der Waals surface area contributed by atoms with Crippen LogP contribution in [0.3, 0.4) is 0 Å². The smallest absolute Gasteiger partial charge is 0.302 e. The summed E-state index contributed by atoms with van der Waals surface area (Å²) in [7, 11) is 0. The third kappa shape index (κ3) is 10.3. The minimum absolute atomic E-state index is 0.0712. The summed E-state index contributed by atoms with van der Waals surface area (Å²) in [5.41, 5.74) is 9.15. The molecular formula is C48H56N6O8. The Balaban J connectivity index is 1.03. The van der Waals surface area contributed by atoms with Gasteiger partial charge in [0.1, 0.15) is 18.0 Å². The van der Waals surface area contributed by atoms with Crippen LogP contribution in [0.1, 0.15) is 86.6 Å². The standard InChI is InChI=1S/C48H56N6O8/c1-30(55)60-36-27-41(62-42(28-36)35-25-39(57)46(58)44(26-35)59-21-14-32-7-4-17-50-29-32)34-8-2-9-37-40(61-43-23-33(22-34)11-12-38(43)56)10-3-15-48(37)16-20-53-47(54-48)52-18-5-6-31-13-19-51-45(49)24-31/h4,7,11-13,17,19,23-26,29,34,36-37,40-42,56-58H,3,5-6,8,10,14-16,18,20-22,27-28H2,1H3,(H2,49,51)(H2,52,53,54)/t34-,36+,37-,40-,41+,42-,48+/m0/s1. The zero-order valence-corrected chi connectivity index (χ0v) is 35.1. The number of pyridine rings is 2. The molecule has 4 aliphatic rings. The lowest BCUT2D eigenvalue weighted by Gasteiger charge is -2.48. The Morgan fingerprint density at radius 1 is 1.03 bits per heavy atom. The predicted molar refractivity (Wildman–Crippen MR) is 233 cm³/mol. The van der Waals surface area contributed by atoms with Crippen LogP contribution >= 0.6 is 0 Å². The summed E-state index contributed by atoms with van der Waals surface area (Å²) >= 11 is 0. The van der Waals surface area contributed by atoms with Crippen molar-refractivity contribution in [2.75, 3.05) is 25.4 Å². The maximum Gasteiger partial charge on any atom is 0.302 e. The molecule has 0 unspecified atom stereocenters. The van der Waals surface area contributed by atoms with Crippen molar-refractivity contribution in [3.05, 3.63) is 95.4 Å². The number of hydrogen-bond acceptors (Lipinski definition) is 14. The Hall–Kier alpha value is -6.20. The van der Waals surface area contributed by atoms with Crippen molar-refractivity contribution < 1.29 is 39.1 Å². The topological polar surface area (TPSA) is 203 Å². The molecule has 4 aromatic rings. The molecule has 2 aromatic carbocycles. The zero-order valence-electron chi connectivity index (χ0n) is 35.1. The Morgan fingerprint density at radius 2 is 1.94 bits per heavy atom. The number of rotatable bonds is 11. The van der Waals surface area contributed by atoms with Crippen molar-refractivity contribution >= 4 is 17.7 Å². The van der Waals surface area contributed by atoms with Gasteiger partial charge in [-0.15, -0.1) is 5.92 Å². The Bertz CT molecular complexity index is 2300. The van der Waals surface area contributed by atoms with Gasteiger partial charge in [0.2, 0.25) is 5.75 Å². The first kappa shape index (κ1) is 42.5. The third-order valence-corrected chi connectivity index (χ3v) is 12.5. The normalized spacial score (nSPS) is 25.6. The van der Waals surface area contributed by atoms with E-state index in [0.717, 1.165) is 67.7 Å². The van der Waals surface area contributed by atoms with Crippen molar-refractivity contribution in [3.8, 4) is 40.6 Å². The predicted octanol–water partition coefficient (Wildman–Crippen LogP) is 6.07. The van der Waals surface area contributed by atoms with Crippen LogP contribution in [-0.2, 0) is 33.5 Å². The van der Waals surface area contributed by atoms with Gasteiger partial charge < -0.3 is 50.6 Å². The van der Waals surface area contributed by atoms with E-state index in [1.54, 1.807) is 30.7 Å². The monoisotopic (exact) mass is 844 g/mol. The fourth-order valence-electron chi connectivity index (χ4n) is 9.41. The maximum absolute atomic E-state index is 12.4. The highest BCUT2D eigenvalue weighted by molar-refractivity contribution is 5.81. The number of phenols is 3. The van der Waals surface area contributed by atoms with Crippen molar-refractivity contribution in [3.63, 3.8) is 0 Å². The summed E-state index contributed by atoms with van der Waals surface area (Å²) in [6, 6.07) is 16.3. The molecule has 8 rings (SSSR count). The molecule has 3 aliphatic heterocycles. The number of phenolic OH excluding ortho intramolecular Hbond substituents is 3. The highest BCUT2D eigenvalue weighted by Crippen LogP contribution is 2.45. The van der Waals surface area contributed by atoms with E-state index in [4.69, 9.17) is 29.7 Å². The van der Waals surface area contributed by atoms with Crippen LogP contribution in [0.15, 0.2) is 78.2 Å². The molecule has 1 spiro atoms. The fourth-order valence-corrected chi connectivity index (χ4v) is 9.41. The third-order valence-electron chi connectivity index (χ3n) is 12.5. The van der Waals surface area contributed by atoms with Crippen LogP contribution in [0.5, 0.6) is 28.7 Å². The molecule has 0 radical (unpaired) electrons. The summed E-state index contributed by atoms with van der Waals surface area (Å²) in [5, 5.41) is 40.1. The number of nitrogen functional groups attached to an aromatic ring is 1. The molecule has 5 heterocycles. The number of carbonyl (C=O) groups excluding carboxylic acids is 1. The number of aryl methyl sites for hydroxylation is 1. The SMILES string of the molecule is CC(=O)O[C@H]1C[C@@H](c2cc(O)c(O)c(OCCc3cccnc3)c2)O[C@@H]([C@H]2CC#C[C@H]3[C@H](CCC[C@@]34CCN=C(NCCCc3ccnc(N)c3)N4)Oc3cc(ccc3O)C2)C1. The van der Waals surface area contributed by atoms with Gasteiger partial charge in [0, 0.05) is 70.2 Å². The van der Waals surface area contributed by atoms with E-state index >= 15 is 0 Å². The highest BCUT2D eigenvalue weighted by atomic mass is 16.6. The fraction of sp³-hybridized carbons (Fsp3) is 0.458. The van der Waals surface area contributed by atoms with Gasteiger partial charge in [-0.3, -0.25) is 14.8 Å². The number of anilines is 1. The molecule has 2 fully saturated rings. The Morgan fingerprint density at radius 3 is 2.77 bits per heavy atom. The second kappa shape index (κ2) is 19.2. The quantitative estimate of drug-likeness (QED) is 0.0440. The number of nitrogens with zero attached hydrogens (tertiary/aromatic N) is 3. The number of ether oxygens (including phenoxy) is 4. The first-order valence-corrected chi connectivity index (χ1v) is 21.7. The summed E-state index contributed by atoms with van der Waals surface area (Å²) in [5.74, 6) is 7.73. The molecule has 62 heavy (non-hydrogen) atoms. The lowest BCUT2D eigenvalue weighted by atomic mass is 9.69. The van der Waals surface area contributed by atoms with Gasteiger partial charge in [-0.05, 0) is 110 Å². The summed E-state index contributed by atoms with van der Waals surface area (Å²) in [6.07, 6.45) is 11.0. The van der Waals surface area contributed by atoms with E-state index in [1.807, 2.05) is 36.4 Å². The molecular weight excluding hydrogens is 789 g/mol. The van der Waals surface area contributed by atoms with Gasteiger partial charge in [0.05, 0.1) is 30.3 Å². The molecule has 1 saturated carbocycles. The number of esters is 1. The molecule has 14 nitrogen and oxygen atoms in total. The number of nitrogens with two attached hydrogens (primary N) is 1. The number of guanidine groups is 1. The largest absolute Gasteiger partial charge is 0.504 e. The summed E-state index contributed by atoms with van der Waals surface area (Å²) < 4.78 is 25.5. The molecule has 0 amide bonds. The average molecular weight is 845 g/mol. The van der Waals surface area contributed by atoms with E-state index in [2.05, 4.69) is 32.4 Å². The van der Waals surface area contributed by atoms with Gasteiger partial charge in [-0.2, -0.15) is 0 Å². The number of hydrogen-bond donors (Lipinski definition) is 6. The number of aliphatic imine (C=N–C) groups is 1. The minimum Gasteiger partial charge on any atom is -0.504 e. The highest BCUT2D eigenvalue weighted by Gasteiger charge is 2.48. The van der Waals surface area contributed by atoms with E-state index in [9.17, 15) is 20.1 Å². The van der Waals surface area contributed by atoms with Crippen LogP contribution in [0, 0.1) is 23.7 Å². The summed E-state index contributed by atoms with van der Waals surface area (Å²) in [4.78, 5) is 25.5. The zero-order chi connectivity index (χ0) is 43.1. The van der Waals surface area contributed by atoms with Gasteiger partial charge in [0.15, 0.2) is 29.0 Å². The van der Waals surface area contributed by atoms with Crippen molar-refractivity contribution in [1.82, 2.24) is 20.6 Å². The second-order valence-electron chi connectivity index (χ2n) is 16.9. The first-order valence-electron chi connectivity index (χ1n) is 21.7. The van der Waals surface area contributed by atoms with Crippen molar-refractivity contribution in [1.29, 1.82) is 0 Å².